The van der Waals surface area contributed by atoms with Crippen LogP contribution in [0.1, 0.15) is 13.7 Å². The fourth-order valence-electron chi connectivity index (χ4n) is 4.01. The lowest BCUT2D eigenvalue weighted by Gasteiger charge is -2.17. The van der Waals surface area contributed by atoms with Crippen molar-refractivity contribution in [3.8, 4) is 39.4 Å². The van der Waals surface area contributed by atoms with Crippen LogP contribution in [0.3, 0.4) is 0 Å². The molecule has 0 spiro atoms. The van der Waals surface area contributed by atoms with E-state index >= 15 is 0 Å². The molecule has 0 aliphatic heterocycles. The van der Waals surface area contributed by atoms with Gasteiger partial charge in [0.1, 0.15) is 5.75 Å². The molecule has 34 heavy (non-hydrogen) atoms. The summed E-state index contributed by atoms with van der Waals surface area (Å²) in [7, 11) is 0. The van der Waals surface area contributed by atoms with Gasteiger partial charge in [0.25, 0.3) is 6.33 Å². The zero-order valence-corrected chi connectivity index (χ0v) is 17.7. The summed E-state index contributed by atoms with van der Waals surface area (Å²) in [6, 6.07) is 13.1. The number of phenols is 1. The summed E-state index contributed by atoms with van der Waals surface area (Å²) in [5.74, 6) is 0.0135. The maximum Gasteiger partial charge on any atom is 0.269 e. The fourth-order valence-corrected chi connectivity index (χ4v) is 4.01. The molecule has 1 aromatic heterocycles. The zero-order chi connectivity index (χ0) is 31.6. The number of aromatic nitrogens is 2. The molecule has 1 heterocycles. The van der Waals surface area contributed by atoms with Gasteiger partial charge in [0.05, 0.1) is 36.1 Å². The number of hydrogen-bond acceptors (Lipinski definition) is 1. The van der Waals surface area contributed by atoms with Crippen LogP contribution in [-0.2, 0) is 0 Å². The molecule has 0 amide bonds. The van der Waals surface area contributed by atoms with Crippen LogP contribution in [0.25, 0.3) is 44.7 Å². The lowest BCUT2D eigenvalue weighted by atomic mass is 9.95. The predicted molar refractivity (Wildman–Crippen MR) is 136 cm³/mol. The summed E-state index contributed by atoms with van der Waals surface area (Å²) in [6.07, 6.45) is 3.24. The maximum atomic E-state index is 10.2. The number of fused-ring (bicyclic) bond motifs is 1. The highest BCUT2D eigenvalue weighted by atomic mass is 16.3. The standard InChI is InChI=1S/C31H22N2O/c34-26-16-9-15-25(21-26)32-22-33(30-20-8-7-19-29(30)32)31-27(23-11-3-1-4-12-23)17-10-18-28(31)24-13-5-2-6-14-24/h1-21,34H/i1D,2D,3D,4D,5D,6D,11D,12D,13D,14D. The lowest BCUT2D eigenvalue weighted by Crippen LogP contribution is -2.31. The Bertz CT molecular complexity index is 2010. The quantitative estimate of drug-likeness (QED) is 0.235. The third kappa shape index (κ3) is 3.44. The van der Waals surface area contributed by atoms with Crippen molar-refractivity contribution in [1.29, 1.82) is 0 Å². The van der Waals surface area contributed by atoms with Gasteiger partial charge in [-0.05, 0) is 40.5 Å². The lowest BCUT2D eigenvalue weighted by molar-refractivity contribution is -0.571. The average molecular weight is 449 g/mol. The Morgan fingerprint density at radius 1 is 0.706 bits per heavy atom. The van der Waals surface area contributed by atoms with Gasteiger partial charge in [-0.15, -0.1) is 0 Å². The second kappa shape index (κ2) is 8.38. The summed E-state index contributed by atoms with van der Waals surface area (Å²) in [5.41, 5.74) is 1.96. The second-order valence-electron chi connectivity index (χ2n) is 7.48. The van der Waals surface area contributed by atoms with E-state index in [1.165, 1.54) is 12.1 Å². The SMILES string of the molecule is [2H]c1c([2H])c([2H])c(-c2cccc(-c3c([2H])c([2H])c([2H])c([2H])c3[2H])c2-[n+]2[c-]n(-c3cccc(O)c3)c3ccccc32)c([2H])c1[2H]. The van der Waals surface area contributed by atoms with Gasteiger partial charge in [-0.3, -0.25) is 9.13 Å². The fraction of sp³-hybridized carbons (Fsp3) is 0. The topological polar surface area (TPSA) is 29.0 Å². The number of imidazole rings is 1. The van der Waals surface area contributed by atoms with Gasteiger partial charge in [-0.1, -0.05) is 109 Å². The van der Waals surface area contributed by atoms with Crippen LogP contribution in [-0.4, -0.2) is 9.67 Å². The number of nitrogens with zero attached hydrogens (tertiary/aromatic N) is 2. The van der Waals surface area contributed by atoms with Crippen LogP contribution in [0.15, 0.2) is 127 Å². The van der Waals surface area contributed by atoms with Crippen molar-refractivity contribution in [2.24, 2.45) is 0 Å². The van der Waals surface area contributed by atoms with Crippen LogP contribution in [0.5, 0.6) is 5.75 Å². The molecule has 3 heteroatoms. The van der Waals surface area contributed by atoms with Gasteiger partial charge < -0.3 is 5.11 Å². The molecule has 0 unspecified atom stereocenters. The number of hydrogen-bond donors (Lipinski definition) is 1. The monoisotopic (exact) mass is 448 g/mol. The summed E-state index contributed by atoms with van der Waals surface area (Å²) in [6.45, 7) is 0. The largest absolute Gasteiger partial charge is 0.508 e. The van der Waals surface area contributed by atoms with Crippen molar-refractivity contribution >= 4 is 11.0 Å². The van der Waals surface area contributed by atoms with E-state index in [0.717, 1.165) is 0 Å². The number of phenolic OH excluding ortho intramolecular Hbond substituents is 1. The van der Waals surface area contributed by atoms with Crippen molar-refractivity contribution in [3.05, 3.63) is 133 Å². The normalized spacial score (nSPS) is 15.2. The maximum absolute atomic E-state index is 10.2. The minimum atomic E-state index is -0.563. The molecule has 3 nitrogen and oxygen atoms in total. The first kappa shape index (κ1) is 12.0. The first-order valence-corrected chi connectivity index (χ1v) is 10.5. The van der Waals surface area contributed by atoms with Crippen molar-refractivity contribution in [2.45, 2.75) is 0 Å². The molecule has 0 aliphatic rings. The van der Waals surface area contributed by atoms with Crippen LogP contribution in [0.2, 0.25) is 0 Å². The van der Waals surface area contributed by atoms with Gasteiger partial charge in [0.2, 0.25) is 0 Å². The number of benzene rings is 5. The van der Waals surface area contributed by atoms with Gasteiger partial charge >= 0.3 is 0 Å². The van der Waals surface area contributed by atoms with Crippen molar-refractivity contribution in [2.75, 3.05) is 0 Å². The van der Waals surface area contributed by atoms with E-state index in [-0.39, 0.29) is 33.7 Å². The van der Waals surface area contributed by atoms with E-state index in [0.29, 0.717) is 16.7 Å². The third-order valence-corrected chi connectivity index (χ3v) is 5.45. The van der Waals surface area contributed by atoms with E-state index in [2.05, 4.69) is 6.33 Å². The molecule has 0 atom stereocenters. The van der Waals surface area contributed by atoms with Gasteiger partial charge in [0, 0.05) is 0 Å². The van der Waals surface area contributed by atoms with E-state index < -0.39 is 60.4 Å². The van der Waals surface area contributed by atoms with Crippen LogP contribution in [0, 0.1) is 6.33 Å². The predicted octanol–water partition coefficient (Wildman–Crippen LogP) is 6.75. The molecule has 6 rings (SSSR count). The van der Waals surface area contributed by atoms with Gasteiger partial charge in [-0.2, -0.15) is 0 Å². The number of rotatable bonds is 4. The Hall–Kier alpha value is -4.63. The average Bonchev–Trinajstić information content (AvgIpc) is 3.40. The summed E-state index contributed by atoms with van der Waals surface area (Å²) >= 11 is 0. The summed E-state index contributed by atoms with van der Waals surface area (Å²) < 4.78 is 87.6. The molecule has 0 saturated carbocycles. The molecule has 6 aromatic rings. The van der Waals surface area contributed by atoms with Crippen molar-refractivity contribution in [1.82, 2.24) is 4.57 Å². The molecular formula is C31H22N2O. The minimum Gasteiger partial charge on any atom is -0.508 e. The van der Waals surface area contributed by atoms with E-state index in [4.69, 9.17) is 13.7 Å². The minimum absolute atomic E-state index is 0.0135. The highest BCUT2D eigenvalue weighted by Gasteiger charge is 2.19. The Balaban J connectivity index is 1.83. The Morgan fingerprint density at radius 2 is 1.32 bits per heavy atom. The van der Waals surface area contributed by atoms with Gasteiger partial charge in [0.15, 0.2) is 0 Å². The van der Waals surface area contributed by atoms with E-state index in [9.17, 15) is 5.11 Å². The molecule has 5 aromatic carbocycles. The molecule has 162 valence electrons. The molecule has 1 N–H and O–H groups in total. The number of para-hydroxylation sites is 3. The van der Waals surface area contributed by atoms with Crippen molar-refractivity contribution < 1.29 is 23.4 Å². The third-order valence-electron chi connectivity index (χ3n) is 5.45. The summed E-state index contributed by atoms with van der Waals surface area (Å²) in [4.78, 5) is 0. The highest BCUT2D eigenvalue weighted by molar-refractivity contribution is 5.84. The zero-order valence-electron chi connectivity index (χ0n) is 27.7. The molecule has 0 bridgehead atoms. The Kier molecular flexibility index (Phi) is 2.96. The van der Waals surface area contributed by atoms with Crippen LogP contribution < -0.4 is 4.57 Å². The highest BCUT2D eigenvalue weighted by Crippen LogP contribution is 2.34. The second-order valence-corrected chi connectivity index (χ2v) is 7.48. The first-order valence-electron chi connectivity index (χ1n) is 15.5. The smallest absolute Gasteiger partial charge is 0.269 e. The Labute approximate surface area is 212 Å². The van der Waals surface area contributed by atoms with E-state index in [1.54, 1.807) is 57.7 Å². The van der Waals surface area contributed by atoms with Crippen LogP contribution in [0.4, 0.5) is 0 Å². The first-order chi connectivity index (χ1) is 20.9. The molecule has 0 fully saturated rings. The van der Waals surface area contributed by atoms with E-state index in [1.807, 2.05) is 6.07 Å². The Morgan fingerprint density at radius 3 is 1.97 bits per heavy atom. The molecule has 0 aliphatic carbocycles. The molecule has 0 radical (unpaired) electrons. The summed E-state index contributed by atoms with van der Waals surface area (Å²) in [5, 5.41) is 10.2. The number of aromatic hydroxyl groups is 1. The van der Waals surface area contributed by atoms with Gasteiger partial charge in [-0.25, -0.2) is 0 Å². The molecular weight excluding hydrogens is 416 g/mol. The van der Waals surface area contributed by atoms with Crippen LogP contribution >= 0.6 is 0 Å². The van der Waals surface area contributed by atoms with Crippen molar-refractivity contribution in [3.63, 3.8) is 0 Å². The molecule has 0 saturated heterocycles.